The third-order valence-electron chi connectivity index (χ3n) is 0.869. The molecule has 0 aliphatic carbocycles. The van der Waals surface area contributed by atoms with Crippen molar-refractivity contribution >= 4 is 17.4 Å². The zero-order valence-electron chi connectivity index (χ0n) is 5.26. The highest BCUT2D eigenvalue weighted by Gasteiger charge is 2.32. The fourth-order valence-corrected chi connectivity index (χ4v) is 2.24. The molecule has 0 aliphatic rings. The van der Waals surface area contributed by atoms with Crippen LogP contribution >= 0.6 is 7.60 Å². The standard InChI is InChI=1S/C3H8O5PS/c1-3(9(4,5)6)10(2,7)8/h3H,1H2,2H3,(H2,4,5,6). The summed E-state index contributed by atoms with van der Waals surface area (Å²) in [6.07, 6.45) is 0.726. The van der Waals surface area contributed by atoms with E-state index in [2.05, 4.69) is 6.92 Å². The van der Waals surface area contributed by atoms with Gasteiger partial charge in [0.15, 0.2) is 14.8 Å². The van der Waals surface area contributed by atoms with Gasteiger partial charge in [-0.2, -0.15) is 0 Å². The van der Waals surface area contributed by atoms with E-state index in [4.69, 9.17) is 9.79 Å². The van der Waals surface area contributed by atoms with Crippen molar-refractivity contribution in [1.82, 2.24) is 0 Å². The highest BCUT2D eigenvalue weighted by molar-refractivity contribution is 7.97. The first-order valence-electron chi connectivity index (χ1n) is 2.23. The zero-order valence-corrected chi connectivity index (χ0v) is 6.97. The van der Waals surface area contributed by atoms with E-state index in [1.807, 2.05) is 0 Å². The number of rotatable bonds is 2. The van der Waals surface area contributed by atoms with Gasteiger partial charge in [0.05, 0.1) is 0 Å². The minimum absolute atomic E-state index is 0.726. The summed E-state index contributed by atoms with van der Waals surface area (Å²) in [5, 5.41) is 0. The van der Waals surface area contributed by atoms with Gasteiger partial charge in [-0.1, -0.05) is 0 Å². The predicted octanol–water partition coefficient (Wildman–Crippen LogP) is -0.631. The van der Waals surface area contributed by atoms with Gasteiger partial charge in [0, 0.05) is 6.26 Å². The molecule has 0 aromatic rings. The average Bonchev–Trinajstić information content (AvgIpc) is 1.59. The summed E-state index contributed by atoms with van der Waals surface area (Å²) in [5.41, 5.74) is 0. The Bertz CT molecular complexity index is 248. The van der Waals surface area contributed by atoms with Crippen LogP contribution in [-0.2, 0) is 14.4 Å². The molecule has 7 heteroatoms. The van der Waals surface area contributed by atoms with E-state index in [0.29, 0.717) is 0 Å². The molecule has 0 saturated carbocycles. The Balaban J connectivity index is 4.74. The molecule has 1 unspecified atom stereocenters. The van der Waals surface area contributed by atoms with E-state index in [9.17, 15) is 13.0 Å². The van der Waals surface area contributed by atoms with Crippen LogP contribution in [-0.4, -0.2) is 29.5 Å². The molecule has 0 aromatic carbocycles. The molecule has 0 rings (SSSR count). The van der Waals surface area contributed by atoms with Gasteiger partial charge in [0.1, 0.15) is 0 Å². The summed E-state index contributed by atoms with van der Waals surface area (Å²) in [6, 6.07) is 0. The van der Waals surface area contributed by atoms with Crippen molar-refractivity contribution in [3.8, 4) is 0 Å². The molecular weight excluding hydrogens is 179 g/mol. The van der Waals surface area contributed by atoms with E-state index >= 15 is 0 Å². The molecule has 0 aliphatic heterocycles. The van der Waals surface area contributed by atoms with Crippen LogP contribution in [0, 0.1) is 6.92 Å². The summed E-state index contributed by atoms with van der Waals surface area (Å²) in [7, 11) is -8.31. The van der Waals surface area contributed by atoms with Crippen molar-refractivity contribution in [2.45, 2.75) is 4.99 Å². The van der Waals surface area contributed by atoms with Crippen molar-refractivity contribution in [2.24, 2.45) is 0 Å². The fraction of sp³-hybridized carbons (Fsp3) is 0.667. The Morgan fingerprint density at radius 1 is 1.50 bits per heavy atom. The average molecular weight is 187 g/mol. The molecule has 2 N–H and O–H groups in total. The van der Waals surface area contributed by atoms with Crippen LogP contribution in [0.25, 0.3) is 0 Å². The van der Waals surface area contributed by atoms with Crippen LogP contribution in [0.4, 0.5) is 0 Å². The second kappa shape index (κ2) is 2.62. The van der Waals surface area contributed by atoms with Crippen LogP contribution < -0.4 is 0 Å². The molecule has 0 bridgehead atoms. The van der Waals surface area contributed by atoms with Crippen LogP contribution in [0.5, 0.6) is 0 Å². The van der Waals surface area contributed by atoms with Crippen LogP contribution in [0.3, 0.4) is 0 Å². The van der Waals surface area contributed by atoms with Crippen molar-refractivity contribution in [2.75, 3.05) is 6.26 Å². The van der Waals surface area contributed by atoms with Crippen molar-refractivity contribution < 1.29 is 22.8 Å². The Morgan fingerprint density at radius 3 is 1.80 bits per heavy atom. The molecule has 0 fully saturated rings. The fourth-order valence-electron chi connectivity index (χ4n) is 0.249. The maximum absolute atomic E-state index is 10.4. The van der Waals surface area contributed by atoms with Crippen LogP contribution in [0.1, 0.15) is 0 Å². The van der Waals surface area contributed by atoms with Crippen molar-refractivity contribution in [3.63, 3.8) is 0 Å². The van der Waals surface area contributed by atoms with Gasteiger partial charge in [-0.15, -0.1) is 0 Å². The molecule has 0 amide bonds. The van der Waals surface area contributed by atoms with Gasteiger partial charge in [0.2, 0.25) is 0 Å². The van der Waals surface area contributed by atoms with Gasteiger partial charge in [-0.3, -0.25) is 4.57 Å². The van der Waals surface area contributed by atoms with Crippen molar-refractivity contribution in [3.05, 3.63) is 6.92 Å². The third-order valence-corrected chi connectivity index (χ3v) is 4.58. The summed E-state index contributed by atoms with van der Waals surface area (Å²) >= 11 is 0. The molecular formula is C3H8O5PS. The molecule has 0 aromatic heterocycles. The van der Waals surface area contributed by atoms with Gasteiger partial charge in [0.25, 0.3) is 0 Å². The van der Waals surface area contributed by atoms with E-state index < -0.39 is 22.4 Å². The highest BCUT2D eigenvalue weighted by Crippen LogP contribution is 2.42. The SMILES string of the molecule is [CH2]C(P(=O)(O)O)S(C)(=O)=O. The van der Waals surface area contributed by atoms with Crippen LogP contribution in [0.2, 0.25) is 0 Å². The molecule has 5 nitrogen and oxygen atoms in total. The summed E-state index contributed by atoms with van der Waals surface area (Å²) in [6.45, 7) is 2.83. The second-order valence-corrected chi connectivity index (χ2v) is 6.25. The zero-order chi connectivity index (χ0) is 8.58. The first-order chi connectivity index (χ1) is 4.15. The Morgan fingerprint density at radius 2 is 1.80 bits per heavy atom. The van der Waals surface area contributed by atoms with Gasteiger partial charge >= 0.3 is 7.60 Å². The summed E-state index contributed by atoms with van der Waals surface area (Å²) in [5.74, 6) is 0. The monoisotopic (exact) mass is 187 g/mol. The lowest BCUT2D eigenvalue weighted by molar-refractivity contribution is 0.372. The lowest BCUT2D eigenvalue weighted by Gasteiger charge is -2.09. The van der Waals surface area contributed by atoms with Gasteiger partial charge in [-0.25, -0.2) is 8.42 Å². The smallest absolute Gasteiger partial charge is 0.324 e. The third kappa shape index (κ3) is 2.79. The van der Waals surface area contributed by atoms with Crippen LogP contribution in [0.15, 0.2) is 0 Å². The lowest BCUT2D eigenvalue weighted by Crippen LogP contribution is -2.15. The normalized spacial score (nSPS) is 16.8. The minimum Gasteiger partial charge on any atom is -0.324 e. The second-order valence-electron chi connectivity index (χ2n) is 1.87. The topological polar surface area (TPSA) is 91.7 Å². The molecule has 0 heterocycles. The van der Waals surface area contributed by atoms with Crippen molar-refractivity contribution in [1.29, 1.82) is 0 Å². The van der Waals surface area contributed by atoms with E-state index in [0.717, 1.165) is 6.26 Å². The van der Waals surface area contributed by atoms with Gasteiger partial charge in [-0.05, 0) is 6.92 Å². The van der Waals surface area contributed by atoms with E-state index in [-0.39, 0.29) is 0 Å². The lowest BCUT2D eigenvalue weighted by atomic mass is 11.0. The Kier molecular flexibility index (Phi) is 2.64. The number of hydrogen-bond acceptors (Lipinski definition) is 3. The first kappa shape index (κ1) is 10.1. The minimum atomic E-state index is -4.58. The maximum Gasteiger partial charge on any atom is 0.343 e. The van der Waals surface area contributed by atoms with Gasteiger partial charge < -0.3 is 9.79 Å². The molecule has 1 atom stereocenters. The largest absolute Gasteiger partial charge is 0.343 e. The van der Waals surface area contributed by atoms with E-state index in [1.54, 1.807) is 0 Å². The molecule has 0 spiro atoms. The number of hydrogen-bond donors (Lipinski definition) is 2. The first-order valence-corrected chi connectivity index (χ1v) is 5.86. The quantitative estimate of drug-likeness (QED) is 0.561. The predicted molar refractivity (Wildman–Crippen MR) is 36.0 cm³/mol. The number of sulfone groups is 1. The molecule has 0 saturated heterocycles. The summed E-state index contributed by atoms with van der Waals surface area (Å²) < 4.78 is 31.1. The molecule has 1 radical (unpaired) electrons. The molecule has 10 heavy (non-hydrogen) atoms. The van der Waals surface area contributed by atoms with E-state index in [1.165, 1.54) is 0 Å². The maximum atomic E-state index is 10.4. The molecule has 61 valence electrons. The Hall–Kier alpha value is 0.1000. The summed E-state index contributed by atoms with van der Waals surface area (Å²) in [4.78, 5) is 14.7. The highest BCUT2D eigenvalue weighted by atomic mass is 32.2. The Labute approximate surface area is 59.1 Å².